The molecule has 0 bridgehead atoms. The maximum absolute atomic E-state index is 13.0. The molecule has 2 aromatic rings. The van der Waals surface area contributed by atoms with E-state index < -0.39 is 11.0 Å². The first kappa shape index (κ1) is 23.2. The molecule has 1 N–H and O–H groups in total. The average Bonchev–Trinajstić information content (AvgIpc) is 3.24. The van der Waals surface area contributed by atoms with Gasteiger partial charge in [0.2, 0.25) is 5.91 Å². The van der Waals surface area contributed by atoms with Gasteiger partial charge < -0.3 is 15.1 Å². The maximum Gasteiger partial charge on any atom is 0.272 e. The molecule has 0 saturated carbocycles. The van der Waals surface area contributed by atoms with Crippen molar-refractivity contribution in [3.63, 3.8) is 0 Å². The molecule has 170 valence electrons. The Bertz CT molecular complexity index is 1000. The van der Waals surface area contributed by atoms with Crippen LogP contribution in [-0.2, 0) is 4.79 Å². The van der Waals surface area contributed by atoms with Crippen molar-refractivity contribution in [2.24, 2.45) is 0 Å². The first-order chi connectivity index (χ1) is 15.2. The molecule has 1 aliphatic heterocycles. The molecule has 1 aliphatic rings. The van der Waals surface area contributed by atoms with Gasteiger partial charge in [-0.15, -0.1) is 0 Å². The summed E-state index contributed by atoms with van der Waals surface area (Å²) in [6, 6.07) is 11.8. The SMILES string of the molecule is CCN(c1ccc(NC(=O)C2CCCN2C(=O)c2ccc([N+](=O)[O-])c(C)c2)cc1)C(C)C. The van der Waals surface area contributed by atoms with Crippen molar-refractivity contribution in [2.45, 2.75) is 52.6 Å². The molecule has 0 radical (unpaired) electrons. The van der Waals surface area contributed by atoms with Crippen molar-refractivity contribution < 1.29 is 14.5 Å². The van der Waals surface area contributed by atoms with Crippen LogP contribution in [0.15, 0.2) is 42.5 Å². The Balaban J connectivity index is 1.71. The van der Waals surface area contributed by atoms with Crippen molar-refractivity contribution >= 4 is 28.9 Å². The molecular weight excluding hydrogens is 408 g/mol. The molecule has 8 heteroatoms. The topological polar surface area (TPSA) is 95.8 Å². The van der Waals surface area contributed by atoms with Crippen molar-refractivity contribution in [3.8, 4) is 0 Å². The zero-order chi connectivity index (χ0) is 23.4. The molecule has 0 aromatic heterocycles. The maximum atomic E-state index is 13.0. The van der Waals surface area contributed by atoms with Crippen LogP contribution in [0.1, 0.15) is 49.5 Å². The number of amides is 2. The lowest BCUT2D eigenvalue weighted by Gasteiger charge is -2.28. The van der Waals surface area contributed by atoms with Gasteiger partial charge in [0.15, 0.2) is 0 Å². The number of hydrogen-bond acceptors (Lipinski definition) is 5. The Morgan fingerprint density at radius 1 is 1.22 bits per heavy atom. The number of rotatable bonds is 7. The highest BCUT2D eigenvalue weighted by Crippen LogP contribution is 2.25. The third-order valence-electron chi connectivity index (χ3n) is 5.89. The van der Waals surface area contributed by atoms with Gasteiger partial charge in [-0.25, -0.2) is 0 Å². The normalized spacial score (nSPS) is 15.7. The van der Waals surface area contributed by atoms with E-state index in [4.69, 9.17) is 0 Å². The van der Waals surface area contributed by atoms with Gasteiger partial charge in [0.1, 0.15) is 6.04 Å². The summed E-state index contributed by atoms with van der Waals surface area (Å²) in [4.78, 5) is 40.4. The van der Waals surface area contributed by atoms with Gasteiger partial charge >= 0.3 is 0 Å². The quantitative estimate of drug-likeness (QED) is 0.511. The van der Waals surface area contributed by atoms with Crippen LogP contribution in [0.3, 0.4) is 0 Å². The minimum atomic E-state index is -0.569. The monoisotopic (exact) mass is 438 g/mol. The number of carbonyl (C=O) groups excluding carboxylic acids is 2. The fourth-order valence-corrected chi connectivity index (χ4v) is 4.25. The van der Waals surface area contributed by atoms with Crippen LogP contribution in [0.25, 0.3) is 0 Å². The average molecular weight is 439 g/mol. The minimum absolute atomic E-state index is 0.0279. The fraction of sp³-hybridized carbons (Fsp3) is 0.417. The Labute approximate surface area is 188 Å². The smallest absolute Gasteiger partial charge is 0.272 e. The standard InChI is InChI=1S/C24H30N4O4/c1-5-26(16(2)3)20-11-9-19(10-12-20)25-23(29)22-7-6-14-27(22)24(30)18-8-13-21(28(31)32)17(4)15-18/h8-13,15-16,22H,5-7,14H2,1-4H3,(H,25,29). The van der Waals surface area contributed by atoms with Crippen LogP contribution in [0.4, 0.5) is 17.1 Å². The summed E-state index contributed by atoms with van der Waals surface area (Å²) in [5, 5.41) is 14.0. The number of anilines is 2. The lowest BCUT2D eigenvalue weighted by atomic mass is 10.1. The van der Waals surface area contributed by atoms with E-state index in [1.165, 1.54) is 18.2 Å². The summed E-state index contributed by atoms with van der Waals surface area (Å²) < 4.78 is 0. The summed E-state index contributed by atoms with van der Waals surface area (Å²) in [5.74, 6) is -0.509. The number of aryl methyl sites for hydroxylation is 1. The summed E-state index contributed by atoms with van der Waals surface area (Å²) in [6.45, 7) is 9.35. The molecule has 8 nitrogen and oxygen atoms in total. The second-order valence-corrected chi connectivity index (χ2v) is 8.33. The van der Waals surface area contributed by atoms with E-state index >= 15 is 0 Å². The minimum Gasteiger partial charge on any atom is -0.369 e. The predicted octanol–water partition coefficient (Wildman–Crippen LogP) is 4.38. The highest BCUT2D eigenvalue weighted by Gasteiger charge is 2.35. The molecule has 1 heterocycles. The third kappa shape index (κ3) is 4.90. The summed E-state index contributed by atoms with van der Waals surface area (Å²) in [6.07, 6.45) is 1.31. The van der Waals surface area contributed by atoms with E-state index in [1.54, 1.807) is 11.8 Å². The van der Waals surface area contributed by atoms with Crippen LogP contribution in [0, 0.1) is 17.0 Å². The highest BCUT2D eigenvalue weighted by atomic mass is 16.6. The van der Waals surface area contributed by atoms with Crippen LogP contribution in [0.5, 0.6) is 0 Å². The Morgan fingerprint density at radius 3 is 2.47 bits per heavy atom. The zero-order valence-corrected chi connectivity index (χ0v) is 19.0. The second-order valence-electron chi connectivity index (χ2n) is 8.33. The van der Waals surface area contributed by atoms with Crippen LogP contribution >= 0.6 is 0 Å². The van der Waals surface area contributed by atoms with Gasteiger partial charge in [0.25, 0.3) is 11.6 Å². The van der Waals surface area contributed by atoms with Gasteiger partial charge in [-0.3, -0.25) is 19.7 Å². The number of nitro groups is 1. The Kier molecular flexibility index (Phi) is 7.12. The number of benzene rings is 2. The third-order valence-corrected chi connectivity index (χ3v) is 5.89. The molecule has 1 atom stereocenters. The fourth-order valence-electron chi connectivity index (χ4n) is 4.25. The number of nitrogens with zero attached hydrogens (tertiary/aromatic N) is 3. The highest BCUT2D eigenvalue weighted by molar-refractivity contribution is 6.01. The van der Waals surface area contributed by atoms with Crippen LogP contribution in [0.2, 0.25) is 0 Å². The van der Waals surface area contributed by atoms with Gasteiger partial charge in [0.05, 0.1) is 4.92 Å². The Hall–Kier alpha value is -3.42. The van der Waals surface area contributed by atoms with Gasteiger partial charge in [0, 0.05) is 47.7 Å². The lowest BCUT2D eigenvalue weighted by molar-refractivity contribution is -0.385. The molecule has 1 fully saturated rings. The first-order valence-corrected chi connectivity index (χ1v) is 11.0. The molecular formula is C24H30N4O4. The largest absolute Gasteiger partial charge is 0.369 e. The van der Waals surface area contributed by atoms with E-state index in [1.807, 2.05) is 24.3 Å². The Morgan fingerprint density at radius 2 is 1.91 bits per heavy atom. The van der Waals surface area contributed by atoms with E-state index in [0.29, 0.717) is 35.8 Å². The van der Waals surface area contributed by atoms with Crippen molar-refractivity contribution in [1.82, 2.24) is 4.90 Å². The van der Waals surface area contributed by atoms with Crippen molar-refractivity contribution in [2.75, 3.05) is 23.3 Å². The summed E-state index contributed by atoms with van der Waals surface area (Å²) >= 11 is 0. The molecule has 0 aliphatic carbocycles. The van der Waals surface area contributed by atoms with Crippen molar-refractivity contribution in [1.29, 1.82) is 0 Å². The molecule has 32 heavy (non-hydrogen) atoms. The molecule has 1 unspecified atom stereocenters. The summed E-state index contributed by atoms with van der Waals surface area (Å²) in [7, 11) is 0. The second kappa shape index (κ2) is 9.80. The number of likely N-dealkylation sites (tertiary alicyclic amines) is 1. The number of nitro benzene ring substituents is 1. The van der Waals surface area contributed by atoms with E-state index in [-0.39, 0.29) is 17.5 Å². The lowest BCUT2D eigenvalue weighted by Crippen LogP contribution is -2.43. The number of nitrogens with one attached hydrogen (secondary N) is 1. The zero-order valence-electron chi connectivity index (χ0n) is 19.0. The molecule has 0 spiro atoms. The molecule has 2 amide bonds. The molecule has 2 aromatic carbocycles. The number of hydrogen-bond donors (Lipinski definition) is 1. The van der Waals surface area contributed by atoms with Gasteiger partial charge in [-0.2, -0.15) is 0 Å². The predicted molar refractivity (Wildman–Crippen MR) is 125 cm³/mol. The number of carbonyl (C=O) groups is 2. The first-order valence-electron chi connectivity index (χ1n) is 11.0. The van der Waals surface area contributed by atoms with Gasteiger partial charge in [-0.1, -0.05) is 0 Å². The molecule has 3 rings (SSSR count). The van der Waals surface area contributed by atoms with E-state index in [9.17, 15) is 19.7 Å². The van der Waals surface area contributed by atoms with Crippen LogP contribution in [-0.4, -0.2) is 46.8 Å². The van der Waals surface area contributed by atoms with E-state index in [2.05, 4.69) is 31.0 Å². The van der Waals surface area contributed by atoms with Crippen LogP contribution < -0.4 is 10.2 Å². The molecule has 1 saturated heterocycles. The van der Waals surface area contributed by atoms with E-state index in [0.717, 1.165) is 18.7 Å². The summed E-state index contributed by atoms with van der Waals surface area (Å²) in [5.41, 5.74) is 2.52. The van der Waals surface area contributed by atoms with Crippen molar-refractivity contribution in [3.05, 3.63) is 63.7 Å². The van der Waals surface area contributed by atoms with Gasteiger partial charge in [-0.05, 0) is 76.9 Å².